The van der Waals surface area contributed by atoms with Crippen molar-refractivity contribution in [3.8, 4) is 0 Å². The molecule has 1 fully saturated rings. The number of hydrogen-bond donors (Lipinski definition) is 2. The molecule has 0 aromatic carbocycles. The Hall–Kier alpha value is -0.610. The Morgan fingerprint density at radius 3 is 3.00 bits per heavy atom. The Labute approximate surface area is 72.6 Å². The van der Waals surface area contributed by atoms with Crippen molar-refractivity contribution in [1.29, 1.82) is 0 Å². The Morgan fingerprint density at radius 2 is 2.50 bits per heavy atom. The quantitative estimate of drug-likeness (QED) is 0.545. The van der Waals surface area contributed by atoms with Gasteiger partial charge in [-0.15, -0.1) is 0 Å². The molecule has 0 spiro atoms. The van der Waals surface area contributed by atoms with Crippen LogP contribution in [0.25, 0.3) is 0 Å². The van der Waals surface area contributed by atoms with Crippen LogP contribution >= 0.6 is 0 Å². The number of nitrogens with one attached hydrogen (secondary N) is 1. The van der Waals surface area contributed by atoms with Crippen molar-refractivity contribution in [3.05, 3.63) is 0 Å². The standard InChI is InChI=1S/C8H16N2O2/c1-9-3-2-4-10-6-7(11)5-8(10)12/h7,9,11H,2-6H2,1H3. The number of β-amino-alcohol motifs (C(OH)–C–C–N with tert-alkyl or cyclic N) is 1. The van der Waals surface area contributed by atoms with E-state index >= 15 is 0 Å². The second-order valence-electron chi connectivity index (χ2n) is 3.15. The average Bonchev–Trinajstić information content (AvgIpc) is 2.31. The summed E-state index contributed by atoms with van der Waals surface area (Å²) in [6, 6.07) is 0. The summed E-state index contributed by atoms with van der Waals surface area (Å²) in [6.45, 7) is 2.19. The highest BCUT2D eigenvalue weighted by molar-refractivity contribution is 5.78. The van der Waals surface area contributed by atoms with Gasteiger partial charge in [-0.25, -0.2) is 0 Å². The molecule has 0 aliphatic carbocycles. The van der Waals surface area contributed by atoms with Gasteiger partial charge in [0, 0.05) is 13.1 Å². The van der Waals surface area contributed by atoms with E-state index in [1.54, 1.807) is 4.90 Å². The summed E-state index contributed by atoms with van der Waals surface area (Å²) in [4.78, 5) is 12.8. The summed E-state index contributed by atoms with van der Waals surface area (Å²) in [5, 5.41) is 12.2. The molecule has 1 aliphatic rings. The van der Waals surface area contributed by atoms with E-state index in [4.69, 9.17) is 5.11 Å². The van der Waals surface area contributed by atoms with Crippen molar-refractivity contribution in [2.75, 3.05) is 26.7 Å². The monoisotopic (exact) mass is 172 g/mol. The van der Waals surface area contributed by atoms with Gasteiger partial charge in [-0.05, 0) is 20.0 Å². The Bertz CT molecular complexity index is 161. The van der Waals surface area contributed by atoms with E-state index in [1.165, 1.54) is 0 Å². The highest BCUT2D eigenvalue weighted by Crippen LogP contribution is 2.10. The molecule has 0 aromatic rings. The van der Waals surface area contributed by atoms with Gasteiger partial charge in [-0.2, -0.15) is 0 Å². The third kappa shape index (κ3) is 2.46. The number of carbonyl (C=O) groups excluding carboxylic acids is 1. The van der Waals surface area contributed by atoms with E-state index in [0.29, 0.717) is 13.0 Å². The minimum atomic E-state index is -0.438. The van der Waals surface area contributed by atoms with Crippen molar-refractivity contribution >= 4 is 5.91 Å². The van der Waals surface area contributed by atoms with Crippen LogP contribution in [-0.4, -0.2) is 48.7 Å². The molecule has 1 amide bonds. The molecule has 1 rings (SSSR count). The molecule has 2 N–H and O–H groups in total. The van der Waals surface area contributed by atoms with Gasteiger partial charge in [0.2, 0.25) is 5.91 Å². The first-order valence-corrected chi connectivity index (χ1v) is 4.34. The lowest BCUT2D eigenvalue weighted by atomic mass is 10.3. The molecule has 0 bridgehead atoms. The van der Waals surface area contributed by atoms with Crippen LogP contribution in [0.4, 0.5) is 0 Å². The fourth-order valence-corrected chi connectivity index (χ4v) is 1.41. The molecule has 1 aliphatic heterocycles. The molecule has 0 saturated carbocycles. The van der Waals surface area contributed by atoms with Crippen LogP contribution in [0.3, 0.4) is 0 Å². The zero-order valence-corrected chi connectivity index (χ0v) is 7.42. The Kier molecular flexibility index (Phi) is 3.49. The molecule has 1 saturated heterocycles. The van der Waals surface area contributed by atoms with Crippen LogP contribution in [0.5, 0.6) is 0 Å². The summed E-state index contributed by atoms with van der Waals surface area (Å²) in [6.07, 6.45) is 0.821. The predicted molar refractivity (Wildman–Crippen MR) is 45.7 cm³/mol. The number of aliphatic hydroxyl groups excluding tert-OH is 1. The number of hydrogen-bond acceptors (Lipinski definition) is 3. The second-order valence-corrected chi connectivity index (χ2v) is 3.15. The number of amides is 1. The van der Waals surface area contributed by atoms with Gasteiger partial charge in [0.1, 0.15) is 0 Å². The maximum absolute atomic E-state index is 11.1. The summed E-state index contributed by atoms with van der Waals surface area (Å²) in [5.41, 5.74) is 0. The van der Waals surface area contributed by atoms with E-state index in [1.807, 2.05) is 7.05 Å². The Balaban J connectivity index is 2.19. The van der Waals surface area contributed by atoms with E-state index in [-0.39, 0.29) is 5.91 Å². The second kappa shape index (κ2) is 4.42. The zero-order valence-electron chi connectivity index (χ0n) is 7.42. The summed E-state index contributed by atoms with van der Waals surface area (Å²) < 4.78 is 0. The first kappa shape index (κ1) is 9.48. The van der Waals surface area contributed by atoms with Crippen LogP contribution in [0, 0.1) is 0 Å². The van der Waals surface area contributed by atoms with Gasteiger partial charge in [-0.1, -0.05) is 0 Å². The average molecular weight is 172 g/mol. The van der Waals surface area contributed by atoms with Crippen LogP contribution in [0.1, 0.15) is 12.8 Å². The van der Waals surface area contributed by atoms with Crippen molar-refractivity contribution < 1.29 is 9.90 Å². The summed E-state index contributed by atoms with van der Waals surface area (Å²) >= 11 is 0. The van der Waals surface area contributed by atoms with Crippen molar-refractivity contribution in [1.82, 2.24) is 10.2 Å². The first-order chi connectivity index (χ1) is 5.74. The molecule has 70 valence electrons. The molecule has 4 heteroatoms. The van der Waals surface area contributed by atoms with Gasteiger partial charge in [0.25, 0.3) is 0 Å². The number of nitrogens with zero attached hydrogens (tertiary/aromatic N) is 1. The molecular formula is C8H16N2O2. The van der Waals surface area contributed by atoms with E-state index in [9.17, 15) is 4.79 Å². The van der Waals surface area contributed by atoms with Gasteiger partial charge in [0.15, 0.2) is 0 Å². The predicted octanol–water partition coefficient (Wildman–Crippen LogP) is -0.811. The maximum atomic E-state index is 11.1. The van der Waals surface area contributed by atoms with E-state index in [0.717, 1.165) is 19.5 Å². The van der Waals surface area contributed by atoms with Gasteiger partial charge >= 0.3 is 0 Å². The van der Waals surface area contributed by atoms with Crippen molar-refractivity contribution in [2.45, 2.75) is 18.9 Å². The minimum absolute atomic E-state index is 0.0820. The number of likely N-dealkylation sites (tertiary alicyclic amines) is 1. The topological polar surface area (TPSA) is 52.6 Å². The van der Waals surface area contributed by atoms with Crippen LogP contribution < -0.4 is 5.32 Å². The number of rotatable bonds is 4. The van der Waals surface area contributed by atoms with Gasteiger partial charge < -0.3 is 15.3 Å². The number of carbonyl (C=O) groups is 1. The van der Waals surface area contributed by atoms with Crippen LogP contribution in [0.15, 0.2) is 0 Å². The molecule has 1 heterocycles. The van der Waals surface area contributed by atoms with E-state index < -0.39 is 6.10 Å². The molecule has 1 unspecified atom stereocenters. The molecule has 4 nitrogen and oxygen atoms in total. The molecule has 12 heavy (non-hydrogen) atoms. The normalized spacial score (nSPS) is 23.7. The van der Waals surface area contributed by atoms with E-state index in [2.05, 4.69) is 5.32 Å². The smallest absolute Gasteiger partial charge is 0.225 e. The van der Waals surface area contributed by atoms with Gasteiger partial charge in [0.05, 0.1) is 12.5 Å². The third-order valence-electron chi connectivity index (χ3n) is 2.05. The lowest BCUT2D eigenvalue weighted by Gasteiger charge is -2.14. The largest absolute Gasteiger partial charge is 0.391 e. The van der Waals surface area contributed by atoms with Crippen molar-refractivity contribution in [2.24, 2.45) is 0 Å². The Morgan fingerprint density at radius 1 is 1.75 bits per heavy atom. The molecular weight excluding hydrogens is 156 g/mol. The molecule has 1 atom stereocenters. The lowest BCUT2D eigenvalue weighted by molar-refractivity contribution is -0.127. The fraction of sp³-hybridized carbons (Fsp3) is 0.875. The highest BCUT2D eigenvalue weighted by Gasteiger charge is 2.26. The molecule has 0 radical (unpaired) electrons. The fourth-order valence-electron chi connectivity index (χ4n) is 1.41. The summed E-state index contributed by atoms with van der Waals surface area (Å²) in [7, 11) is 1.89. The van der Waals surface area contributed by atoms with Crippen molar-refractivity contribution in [3.63, 3.8) is 0 Å². The maximum Gasteiger partial charge on any atom is 0.225 e. The van der Waals surface area contributed by atoms with Crippen LogP contribution in [-0.2, 0) is 4.79 Å². The number of aliphatic hydroxyl groups is 1. The zero-order chi connectivity index (χ0) is 8.97. The lowest BCUT2D eigenvalue weighted by Crippen LogP contribution is -2.28. The van der Waals surface area contributed by atoms with Gasteiger partial charge in [-0.3, -0.25) is 4.79 Å². The first-order valence-electron chi connectivity index (χ1n) is 4.34. The molecule has 0 aromatic heterocycles. The SMILES string of the molecule is CNCCCN1CC(O)CC1=O. The third-order valence-corrected chi connectivity index (χ3v) is 2.05. The minimum Gasteiger partial charge on any atom is -0.391 e. The van der Waals surface area contributed by atoms with Crippen LogP contribution in [0.2, 0.25) is 0 Å². The highest BCUT2D eigenvalue weighted by atomic mass is 16.3. The summed E-state index contributed by atoms with van der Waals surface area (Å²) in [5.74, 6) is 0.0820.